The van der Waals surface area contributed by atoms with E-state index in [4.69, 9.17) is 69.8 Å². The summed E-state index contributed by atoms with van der Waals surface area (Å²) in [5.74, 6) is 1.39. The zero-order chi connectivity index (χ0) is 58.8. The number of hydrogen-bond donors (Lipinski definition) is 2. The fourth-order valence-electron chi connectivity index (χ4n) is 10.4. The lowest BCUT2D eigenvalue weighted by Gasteiger charge is -2.23. The van der Waals surface area contributed by atoms with Gasteiger partial charge < -0.3 is 9.97 Å². The van der Waals surface area contributed by atoms with Gasteiger partial charge in [-0.25, -0.2) is 69.8 Å². The number of fused-ring (bicyclic) bond motifs is 20. The van der Waals surface area contributed by atoms with Crippen LogP contribution in [0.4, 0.5) is 0 Å². The summed E-state index contributed by atoms with van der Waals surface area (Å²) in [6.45, 7) is 53.6. The van der Waals surface area contributed by atoms with E-state index in [1.54, 1.807) is 0 Å². The molecule has 0 radical (unpaired) electrons. The number of nitrogens with zero attached hydrogens (tertiary/aromatic N) is 14. The van der Waals surface area contributed by atoms with Gasteiger partial charge in [-0.05, 0) is 94.7 Å². The minimum atomic E-state index is -0.0925. The van der Waals surface area contributed by atoms with Crippen LogP contribution in [0.3, 0.4) is 0 Å². The van der Waals surface area contributed by atoms with Gasteiger partial charge >= 0.3 is 0 Å². The van der Waals surface area contributed by atoms with E-state index in [0.29, 0.717) is 142 Å². The average molecular weight is 1080 g/mol. The van der Waals surface area contributed by atoms with Crippen molar-refractivity contribution in [1.82, 2.24) is 79.7 Å². The minimum absolute atomic E-state index is 0.0905. The standard InChI is InChI=1S/C64H90N16/c1-57(2,3)25-33-34(26-58(4,5)6)66-42-41(65-33)49-73-50(42)78-52-45-46(70-38(30-62(16,17)18)37(69-45)29-61(13,14)15)54(75-52)80-56-48-47(71-39(31-63(19,20)21)40(72-48)32-64(22,23)24)55(76-56)79-53-44-43(51(74-53)77-49)67-35(27-59(7,8)9)36(68-44)28-60(10,11)12/h25-32H2,1-24H3,(H2,73,74,75,76,77,78,79,80). The maximum atomic E-state index is 5.52. The van der Waals surface area contributed by atoms with E-state index in [0.717, 1.165) is 45.6 Å². The van der Waals surface area contributed by atoms with E-state index in [2.05, 4.69) is 176 Å². The van der Waals surface area contributed by atoms with Crippen molar-refractivity contribution in [2.75, 3.05) is 0 Å². The van der Waals surface area contributed by atoms with Gasteiger partial charge in [0, 0.05) is 0 Å². The molecule has 0 unspecified atom stereocenters. The molecule has 0 atom stereocenters. The second-order valence-electron chi connectivity index (χ2n) is 32.8. The van der Waals surface area contributed by atoms with Crippen LogP contribution in [0.1, 0.15) is 212 Å². The van der Waals surface area contributed by atoms with Crippen LogP contribution in [0.15, 0.2) is 0 Å². The van der Waals surface area contributed by atoms with Crippen molar-refractivity contribution in [1.29, 1.82) is 0 Å². The first-order chi connectivity index (χ1) is 36.5. The average Bonchev–Trinajstić information content (AvgIpc) is 3.97. The van der Waals surface area contributed by atoms with Crippen LogP contribution < -0.4 is 0 Å². The summed E-state index contributed by atoms with van der Waals surface area (Å²) in [5, 5.41) is 0. The Morgan fingerprint density at radius 2 is 0.350 bits per heavy atom. The maximum absolute atomic E-state index is 5.52. The lowest BCUT2D eigenvalue weighted by Crippen LogP contribution is -2.18. The topological polar surface area (TPSA) is 212 Å². The fourth-order valence-corrected chi connectivity index (χ4v) is 10.4. The van der Waals surface area contributed by atoms with E-state index in [1.807, 2.05) is 0 Å². The first kappa shape index (κ1) is 58.3. The summed E-state index contributed by atoms with van der Waals surface area (Å²) in [4.78, 5) is 83.8. The van der Waals surface area contributed by atoms with E-state index in [1.165, 1.54) is 0 Å². The summed E-state index contributed by atoms with van der Waals surface area (Å²) < 4.78 is 0. The quantitative estimate of drug-likeness (QED) is 0.145. The molecule has 2 N–H and O–H groups in total. The van der Waals surface area contributed by atoms with Gasteiger partial charge in [0.05, 0.1) is 45.6 Å². The second-order valence-corrected chi connectivity index (χ2v) is 32.8. The Labute approximate surface area is 474 Å². The zero-order valence-corrected chi connectivity index (χ0v) is 52.9. The molecule has 8 bridgehead atoms. The summed E-state index contributed by atoms with van der Waals surface area (Å²) >= 11 is 0. The van der Waals surface area contributed by atoms with Gasteiger partial charge in [-0.1, -0.05) is 166 Å². The van der Waals surface area contributed by atoms with Gasteiger partial charge in [0.2, 0.25) is 0 Å². The van der Waals surface area contributed by atoms with Crippen molar-refractivity contribution >= 4 is 44.7 Å². The highest BCUT2D eigenvalue weighted by Crippen LogP contribution is 2.40. The minimum Gasteiger partial charge on any atom is -0.321 e. The van der Waals surface area contributed by atoms with E-state index < -0.39 is 0 Å². The van der Waals surface area contributed by atoms with Crippen molar-refractivity contribution in [2.45, 2.75) is 218 Å². The van der Waals surface area contributed by atoms with Crippen LogP contribution >= 0.6 is 0 Å². The Hall–Kier alpha value is -6.32. The molecule has 7 aromatic heterocycles. The first-order valence-electron chi connectivity index (χ1n) is 28.9. The number of hydrogen-bond acceptors (Lipinski definition) is 14. The molecule has 0 aromatic carbocycles. The fraction of sp³-hybridized carbons (Fsp3) is 0.625. The Bertz CT molecular complexity index is 3270. The maximum Gasteiger partial charge on any atom is 0.184 e. The summed E-state index contributed by atoms with van der Waals surface area (Å²) in [6.07, 6.45) is 5.58. The number of nitrogens with one attached hydrogen (secondary N) is 2. The van der Waals surface area contributed by atoms with Crippen LogP contribution in [0.5, 0.6) is 0 Å². The number of aromatic amines is 2. The predicted octanol–water partition coefficient (Wildman–Crippen LogP) is 14.7. The summed E-state index contributed by atoms with van der Waals surface area (Å²) in [6, 6.07) is 0. The lowest BCUT2D eigenvalue weighted by atomic mass is 9.85. The molecule has 0 fully saturated rings. The molecule has 0 saturated heterocycles. The Morgan fingerprint density at radius 1 is 0.200 bits per heavy atom. The van der Waals surface area contributed by atoms with Crippen molar-refractivity contribution in [2.24, 2.45) is 43.3 Å². The normalized spacial score (nSPS) is 13.9. The molecule has 7 aromatic rings. The molecule has 0 aliphatic carbocycles. The van der Waals surface area contributed by atoms with Crippen molar-refractivity contribution < 1.29 is 0 Å². The molecular formula is C64H90N16. The van der Waals surface area contributed by atoms with E-state index in [-0.39, 0.29) is 43.3 Å². The zero-order valence-electron chi connectivity index (χ0n) is 52.9. The van der Waals surface area contributed by atoms with Gasteiger partial charge in [-0.3, -0.25) is 0 Å². The SMILES string of the molecule is CC(C)(C)Cc1nc2c(nc1CC(C)(C)C)-c1nc-2nc2[nH]c(nc3nc(nc4[nH]c(n1)c1nc(CC(C)(C)C)c(CC(C)(C)C)nc41)-c1nc(CC(C)(C)C)c(CC(C)(C)C)nc1-3)c1nc(CC(C)(C)C)c(CC(C)(C)C)nc21. The first-order valence-corrected chi connectivity index (χ1v) is 28.9. The van der Waals surface area contributed by atoms with Crippen molar-refractivity contribution in [3.8, 4) is 46.1 Å². The number of rotatable bonds is 8. The Morgan fingerprint density at radius 3 is 0.500 bits per heavy atom. The van der Waals surface area contributed by atoms with E-state index >= 15 is 0 Å². The lowest BCUT2D eigenvalue weighted by molar-refractivity contribution is 0.384. The second kappa shape index (κ2) is 19.7. The van der Waals surface area contributed by atoms with Crippen LogP contribution in [-0.4, -0.2) is 79.7 Å². The van der Waals surface area contributed by atoms with Gasteiger partial charge in [-0.2, -0.15) is 0 Å². The summed E-state index contributed by atoms with van der Waals surface area (Å²) in [7, 11) is 0. The predicted molar refractivity (Wildman–Crippen MR) is 324 cm³/mol. The van der Waals surface area contributed by atoms with Gasteiger partial charge in [0.25, 0.3) is 0 Å². The molecule has 16 heteroatoms. The largest absolute Gasteiger partial charge is 0.321 e. The monoisotopic (exact) mass is 1080 g/mol. The Kier molecular flexibility index (Phi) is 14.4. The van der Waals surface area contributed by atoms with E-state index in [9.17, 15) is 0 Å². The molecule has 0 spiro atoms. The van der Waals surface area contributed by atoms with Crippen LogP contribution in [0.25, 0.3) is 90.7 Å². The third-order valence-corrected chi connectivity index (χ3v) is 13.3. The summed E-state index contributed by atoms with van der Waals surface area (Å²) in [5.41, 5.74) is 12.7. The molecule has 0 saturated carbocycles. The third-order valence-electron chi connectivity index (χ3n) is 13.3. The number of aromatic nitrogens is 16. The van der Waals surface area contributed by atoms with Crippen LogP contribution in [0.2, 0.25) is 0 Å². The third kappa shape index (κ3) is 13.7. The van der Waals surface area contributed by atoms with Gasteiger partial charge in [0.1, 0.15) is 44.8 Å². The molecule has 2 aliphatic heterocycles. The molecular weight excluding hydrogens is 993 g/mol. The molecule has 426 valence electrons. The highest BCUT2D eigenvalue weighted by Gasteiger charge is 2.33. The van der Waals surface area contributed by atoms with Crippen molar-refractivity contribution in [3.05, 3.63) is 45.6 Å². The van der Waals surface area contributed by atoms with Crippen molar-refractivity contribution in [3.63, 3.8) is 0 Å². The van der Waals surface area contributed by atoms with Crippen LogP contribution in [-0.2, 0) is 51.4 Å². The highest BCUT2D eigenvalue weighted by molar-refractivity contribution is 6.01. The molecule has 0 amide bonds. The number of H-pyrrole nitrogens is 2. The molecule has 16 nitrogen and oxygen atoms in total. The molecule has 2 aliphatic rings. The molecule has 9 rings (SSSR count). The molecule has 9 heterocycles. The van der Waals surface area contributed by atoms with Gasteiger partial charge in [0.15, 0.2) is 45.9 Å². The van der Waals surface area contributed by atoms with Gasteiger partial charge in [-0.15, -0.1) is 0 Å². The smallest absolute Gasteiger partial charge is 0.184 e. The highest BCUT2D eigenvalue weighted by atomic mass is 15.1. The Balaban J connectivity index is 1.51. The molecule has 80 heavy (non-hydrogen) atoms. The van der Waals surface area contributed by atoms with Crippen LogP contribution in [0, 0.1) is 43.3 Å².